The molecule has 9 nitrogen and oxygen atoms in total. The molecule has 1 fully saturated rings. The molecule has 0 atom stereocenters. The zero-order chi connectivity index (χ0) is 22.9. The zero-order valence-electron chi connectivity index (χ0n) is 18.9. The van der Waals surface area contributed by atoms with Crippen molar-refractivity contribution in [2.75, 3.05) is 23.7 Å². The number of hydrogen-bond donors (Lipinski definition) is 1. The standard InChI is InChI=1S/C23H26N8OS/c1-15-6-8-18(9-7-15)31-22(29-10-4-5-11-29)27-28-23(31)33-13-20(32)19-12-16(2)30(17(19)3)21-24-14-25-26-21/h6-9,12,14H,4-5,10-11,13H2,1-3H3,(H,24,25,26). The number of ketones is 1. The molecule has 1 aromatic carbocycles. The van der Waals surface area contributed by atoms with Gasteiger partial charge in [0, 0.05) is 30.0 Å². The number of aryl methyl sites for hydroxylation is 2. The van der Waals surface area contributed by atoms with Gasteiger partial charge in [0.1, 0.15) is 6.33 Å². The van der Waals surface area contributed by atoms with Crippen molar-refractivity contribution in [1.29, 1.82) is 0 Å². The molecule has 0 saturated carbocycles. The van der Waals surface area contributed by atoms with E-state index in [4.69, 9.17) is 0 Å². The first-order valence-electron chi connectivity index (χ1n) is 11.0. The minimum Gasteiger partial charge on any atom is -0.341 e. The molecule has 5 rings (SSSR count). The van der Waals surface area contributed by atoms with Gasteiger partial charge in [-0.05, 0) is 51.8 Å². The van der Waals surface area contributed by atoms with E-state index in [1.165, 1.54) is 23.7 Å². The summed E-state index contributed by atoms with van der Waals surface area (Å²) in [6.45, 7) is 7.90. The van der Waals surface area contributed by atoms with Gasteiger partial charge in [0.05, 0.1) is 11.4 Å². The number of H-pyrrole nitrogens is 1. The van der Waals surface area contributed by atoms with E-state index in [1.807, 2.05) is 24.5 Å². The van der Waals surface area contributed by atoms with Gasteiger partial charge in [0.15, 0.2) is 10.9 Å². The number of benzene rings is 1. The maximum absolute atomic E-state index is 13.2. The van der Waals surface area contributed by atoms with E-state index in [0.717, 1.165) is 54.1 Å². The fraction of sp³-hybridized carbons (Fsp3) is 0.348. The number of nitrogens with one attached hydrogen (secondary N) is 1. The highest BCUT2D eigenvalue weighted by Crippen LogP contribution is 2.30. The number of rotatable bonds is 7. The first-order valence-corrected chi connectivity index (χ1v) is 12.0. The van der Waals surface area contributed by atoms with Gasteiger partial charge in [0.25, 0.3) is 0 Å². The van der Waals surface area contributed by atoms with E-state index in [9.17, 15) is 4.79 Å². The molecule has 0 radical (unpaired) electrons. The third-order valence-corrected chi connectivity index (χ3v) is 6.90. The van der Waals surface area contributed by atoms with Gasteiger partial charge in [-0.3, -0.25) is 13.9 Å². The van der Waals surface area contributed by atoms with Crippen molar-refractivity contribution in [2.45, 2.75) is 38.8 Å². The number of hydrogen-bond acceptors (Lipinski definition) is 7. The van der Waals surface area contributed by atoms with Crippen molar-refractivity contribution in [3.8, 4) is 11.6 Å². The Balaban J connectivity index is 1.42. The van der Waals surface area contributed by atoms with Gasteiger partial charge in [0.2, 0.25) is 11.9 Å². The number of Topliss-reactive ketones (excluding diaryl/α,β-unsaturated/α-hetero) is 1. The van der Waals surface area contributed by atoms with Crippen molar-refractivity contribution in [3.63, 3.8) is 0 Å². The summed E-state index contributed by atoms with van der Waals surface area (Å²) in [7, 11) is 0. The Kier molecular flexibility index (Phi) is 5.76. The molecule has 10 heteroatoms. The van der Waals surface area contributed by atoms with Crippen LogP contribution < -0.4 is 4.90 Å². The van der Waals surface area contributed by atoms with E-state index in [2.05, 4.69) is 66.0 Å². The number of thioether (sulfide) groups is 1. The molecular weight excluding hydrogens is 436 g/mol. The minimum absolute atomic E-state index is 0.0417. The van der Waals surface area contributed by atoms with Gasteiger partial charge in [-0.15, -0.1) is 10.2 Å². The highest BCUT2D eigenvalue weighted by atomic mass is 32.2. The van der Waals surface area contributed by atoms with Crippen LogP contribution in [0.1, 0.15) is 40.2 Å². The largest absolute Gasteiger partial charge is 0.341 e. The first-order chi connectivity index (χ1) is 16.0. The summed E-state index contributed by atoms with van der Waals surface area (Å²) < 4.78 is 3.98. The van der Waals surface area contributed by atoms with Crippen molar-refractivity contribution >= 4 is 23.5 Å². The molecule has 170 valence electrons. The Morgan fingerprint density at radius 2 is 1.82 bits per heavy atom. The molecule has 0 amide bonds. The van der Waals surface area contributed by atoms with Gasteiger partial charge < -0.3 is 4.90 Å². The lowest BCUT2D eigenvalue weighted by Gasteiger charge is -2.18. The third-order valence-electron chi connectivity index (χ3n) is 5.98. The summed E-state index contributed by atoms with van der Waals surface area (Å²) in [5.74, 6) is 1.76. The predicted molar refractivity (Wildman–Crippen MR) is 128 cm³/mol. The molecule has 1 saturated heterocycles. The van der Waals surface area contributed by atoms with Gasteiger partial charge in [-0.25, -0.2) is 5.10 Å². The van der Waals surface area contributed by atoms with E-state index in [1.54, 1.807) is 0 Å². The van der Waals surface area contributed by atoms with Crippen LogP contribution in [0.4, 0.5) is 5.95 Å². The number of carbonyl (C=O) groups excluding carboxylic acids is 1. The smallest absolute Gasteiger partial charge is 0.232 e. The monoisotopic (exact) mass is 462 g/mol. The SMILES string of the molecule is Cc1ccc(-n2c(SCC(=O)c3cc(C)n(-c4ncn[nH]4)c3C)nnc2N2CCCC2)cc1. The summed E-state index contributed by atoms with van der Waals surface area (Å²) >= 11 is 1.42. The van der Waals surface area contributed by atoms with Crippen LogP contribution in [0, 0.1) is 20.8 Å². The average molecular weight is 463 g/mol. The summed E-state index contributed by atoms with van der Waals surface area (Å²) in [6.07, 6.45) is 3.77. The van der Waals surface area contributed by atoms with E-state index >= 15 is 0 Å². The highest BCUT2D eigenvalue weighted by molar-refractivity contribution is 7.99. The topological polar surface area (TPSA) is 97.5 Å². The average Bonchev–Trinajstić information content (AvgIpc) is 3.60. The minimum atomic E-state index is 0.0417. The van der Waals surface area contributed by atoms with Crippen LogP contribution in [0.2, 0.25) is 0 Å². The Hall–Kier alpha value is -3.40. The summed E-state index contributed by atoms with van der Waals surface area (Å²) in [5, 5.41) is 16.5. The van der Waals surface area contributed by atoms with E-state index in [0.29, 0.717) is 11.5 Å². The Morgan fingerprint density at radius 3 is 2.52 bits per heavy atom. The normalized spacial score (nSPS) is 13.7. The highest BCUT2D eigenvalue weighted by Gasteiger charge is 2.24. The number of aromatic nitrogens is 7. The molecule has 3 aromatic heterocycles. The first kappa shape index (κ1) is 21.4. The molecule has 33 heavy (non-hydrogen) atoms. The van der Waals surface area contributed by atoms with Crippen LogP contribution in [-0.4, -0.2) is 59.1 Å². The van der Waals surface area contributed by atoms with Gasteiger partial charge in [-0.2, -0.15) is 10.1 Å². The van der Waals surface area contributed by atoms with Gasteiger partial charge in [-0.1, -0.05) is 29.5 Å². The van der Waals surface area contributed by atoms with Crippen molar-refractivity contribution in [3.05, 3.63) is 59.2 Å². The van der Waals surface area contributed by atoms with Gasteiger partial charge >= 0.3 is 0 Å². The molecule has 4 aromatic rings. The lowest BCUT2D eigenvalue weighted by Crippen LogP contribution is -2.22. The second kappa shape index (κ2) is 8.86. The molecule has 0 aliphatic carbocycles. The number of anilines is 1. The fourth-order valence-corrected chi connectivity index (χ4v) is 5.11. The molecule has 0 bridgehead atoms. The molecule has 0 spiro atoms. The second-order valence-corrected chi connectivity index (χ2v) is 9.23. The van der Waals surface area contributed by atoms with Crippen LogP contribution in [0.5, 0.6) is 0 Å². The van der Waals surface area contributed by atoms with Crippen LogP contribution in [0.15, 0.2) is 41.8 Å². The van der Waals surface area contributed by atoms with E-state index < -0.39 is 0 Å². The van der Waals surface area contributed by atoms with E-state index in [-0.39, 0.29) is 11.5 Å². The van der Waals surface area contributed by atoms with Crippen molar-refractivity contribution in [2.24, 2.45) is 0 Å². The number of aromatic amines is 1. The quantitative estimate of drug-likeness (QED) is 0.330. The number of carbonyl (C=O) groups is 1. The second-order valence-electron chi connectivity index (χ2n) is 8.29. The molecule has 1 N–H and O–H groups in total. The lowest BCUT2D eigenvalue weighted by atomic mass is 10.2. The third kappa shape index (κ3) is 4.06. The van der Waals surface area contributed by atoms with Crippen molar-refractivity contribution in [1.82, 2.24) is 34.5 Å². The zero-order valence-corrected chi connectivity index (χ0v) is 19.8. The van der Waals surface area contributed by atoms with Crippen LogP contribution >= 0.6 is 11.8 Å². The Bertz CT molecular complexity index is 1270. The maximum atomic E-state index is 13.2. The Labute approximate surface area is 196 Å². The Morgan fingerprint density at radius 1 is 1.06 bits per heavy atom. The number of nitrogens with zero attached hydrogens (tertiary/aromatic N) is 7. The maximum Gasteiger partial charge on any atom is 0.232 e. The molecular formula is C23H26N8OS. The summed E-state index contributed by atoms with van der Waals surface area (Å²) in [5.41, 5.74) is 4.65. The molecule has 1 aliphatic heterocycles. The fourth-order valence-electron chi connectivity index (χ4n) is 4.28. The molecule has 0 unspecified atom stereocenters. The predicted octanol–water partition coefficient (Wildman–Crippen LogP) is 3.68. The van der Waals surface area contributed by atoms with Crippen LogP contribution in [0.25, 0.3) is 11.6 Å². The summed E-state index contributed by atoms with van der Waals surface area (Å²) in [4.78, 5) is 19.7. The molecule has 4 heterocycles. The lowest BCUT2D eigenvalue weighted by molar-refractivity contribution is 0.102. The van der Waals surface area contributed by atoms with Crippen molar-refractivity contribution < 1.29 is 4.79 Å². The van der Waals surface area contributed by atoms with Crippen LogP contribution in [-0.2, 0) is 0 Å². The molecule has 1 aliphatic rings. The summed E-state index contributed by atoms with van der Waals surface area (Å²) in [6, 6.07) is 10.2. The van der Waals surface area contributed by atoms with Crippen LogP contribution in [0.3, 0.4) is 0 Å².